The average Bonchev–Trinajstić information content (AvgIpc) is 2.10. The minimum atomic E-state index is -0.0944. The summed E-state index contributed by atoms with van der Waals surface area (Å²) >= 11 is 5.84. The Bertz CT molecular complexity index is 347. The van der Waals surface area contributed by atoms with Crippen LogP contribution >= 0.6 is 11.6 Å². The maximum atomic E-state index is 11.4. The summed E-state index contributed by atoms with van der Waals surface area (Å²) < 4.78 is 0. The van der Waals surface area contributed by atoms with Gasteiger partial charge in [0.25, 0.3) is 5.91 Å². The molecule has 0 unspecified atom stereocenters. The first-order valence-corrected chi connectivity index (χ1v) is 4.43. The SMILES string of the molecule is CNC(=O)c1cc(Cl)cc(C)c1C. The van der Waals surface area contributed by atoms with Gasteiger partial charge in [-0.3, -0.25) is 4.79 Å². The van der Waals surface area contributed by atoms with Crippen LogP contribution in [0.25, 0.3) is 0 Å². The number of rotatable bonds is 1. The van der Waals surface area contributed by atoms with Crippen LogP contribution in [0, 0.1) is 13.8 Å². The Balaban J connectivity index is 3.28. The number of aryl methyl sites for hydroxylation is 1. The lowest BCUT2D eigenvalue weighted by Gasteiger charge is -2.07. The molecule has 0 heterocycles. The molecule has 0 spiro atoms. The van der Waals surface area contributed by atoms with Gasteiger partial charge in [0.05, 0.1) is 0 Å². The number of carbonyl (C=O) groups is 1. The molecule has 3 heteroatoms. The third kappa shape index (κ3) is 2.01. The first-order chi connectivity index (χ1) is 6.06. The van der Waals surface area contributed by atoms with Crippen molar-refractivity contribution in [3.63, 3.8) is 0 Å². The fraction of sp³-hybridized carbons (Fsp3) is 0.300. The van der Waals surface area contributed by atoms with Gasteiger partial charge in [0.15, 0.2) is 0 Å². The van der Waals surface area contributed by atoms with Crippen LogP contribution in [0.5, 0.6) is 0 Å². The molecule has 0 radical (unpaired) electrons. The van der Waals surface area contributed by atoms with E-state index in [4.69, 9.17) is 11.6 Å². The van der Waals surface area contributed by atoms with Gasteiger partial charge in [-0.1, -0.05) is 11.6 Å². The fourth-order valence-electron chi connectivity index (χ4n) is 1.19. The highest BCUT2D eigenvalue weighted by Crippen LogP contribution is 2.19. The van der Waals surface area contributed by atoms with Crippen molar-refractivity contribution in [3.05, 3.63) is 33.8 Å². The Morgan fingerprint density at radius 2 is 2.00 bits per heavy atom. The highest BCUT2D eigenvalue weighted by atomic mass is 35.5. The van der Waals surface area contributed by atoms with Crippen molar-refractivity contribution < 1.29 is 4.79 Å². The van der Waals surface area contributed by atoms with Crippen LogP contribution in [0.2, 0.25) is 5.02 Å². The molecule has 1 aromatic rings. The van der Waals surface area contributed by atoms with Crippen LogP contribution < -0.4 is 5.32 Å². The van der Waals surface area contributed by atoms with E-state index in [9.17, 15) is 4.79 Å². The molecule has 1 aromatic carbocycles. The molecule has 0 bridgehead atoms. The number of hydrogen-bond acceptors (Lipinski definition) is 1. The Morgan fingerprint density at radius 3 is 2.54 bits per heavy atom. The van der Waals surface area contributed by atoms with E-state index in [0.717, 1.165) is 11.1 Å². The summed E-state index contributed by atoms with van der Waals surface area (Å²) in [4.78, 5) is 11.4. The molecule has 2 nitrogen and oxygen atoms in total. The summed E-state index contributed by atoms with van der Waals surface area (Å²) in [7, 11) is 1.61. The Hall–Kier alpha value is -1.02. The lowest BCUT2D eigenvalue weighted by molar-refractivity contribution is 0.0962. The first-order valence-electron chi connectivity index (χ1n) is 4.05. The molecular formula is C10H12ClNO. The Labute approximate surface area is 82.9 Å². The second-order valence-electron chi connectivity index (χ2n) is 2.97. The molecule has 70 valence electrons. The third-order valence-corrected chi connectivity index (χ3v) is 2.32. The molecule has 13 heavy (non-hydrogen) atoms. The van der Waals surface area contributed by atoms with Gasteiger partial charge in [-0.05, 0) is 37.1 Å². The lowest BCUT2D eigenvalue weighted by atomic mass is 10.0. The molecule has 1 N–H and O–H groups in total. The van der Waals surface area contributed by atoms with E-state index in [2.05, 4.69) is 5.32 Å². The molecule has 0 atom stereocenters. The van der Waals surface area contributed by atoms with Crippen molar-refractivity contribution in [2.75, 3.05) is 7.05 Å². The third-order valence-electron chi connectivity index (χ3n) is 2.10. The zero-order chi connectivity index (χ0) is 10.0. The molecule has 0 aliphatic carbocycles. The molecule has 0 aliphatic heterocycles. The van der Waals surface area contributed by atoms with Gasteiger partial charge in [0, 0.05) is 17.6 Å². The summed E-state index contributed by atoms with van der Waals surface area (Å²) in [6.07, 6.45) is 0. The molecule has 1 rings (SSSR count). The van der Waals surface area contributed by atoms with Crippen LogP contribution in [-0.4, -0.2) is 13.0 Å². The molecule has 0 fully saturated rings. The quantitative estimate of drug-likeness (QED) is 0.736. The molecule has 0 saturated carbocycles. The van der Waals surface area contributed by atoms with Crippen molar-refractivity contribution in [2.45, 2.75) is 13.8 Å². The van der Waals surface area contributed by atoms with Crippen LogP contribution in [0.1, 0.15) is 21.5 Å². The normalized spacial score (nSPS) is 9.85. The molecule has 1 amide bonds. The monoisotopic (exact) mass is 197 g/mol. The smallest absolute Gasteiger partial charge is 0.251 e. The highest BCUT2D eigenvalue weighted by Gasteiger charge is 2.09. The largest absolute Gasteiger partial charge is 0.355 e. The van der Waals surface area contributed by atoms with Crippen molar-refractivity contribution in [2.24, 2.45) is 0 Å². The van der Waals surface area contributed by atoms with Crippen molar-refractivity contribution >= 4 is 17.5 Å². The standard InChI is InChI=1S/C10H12ClNO/c1-6-4-8(11)5-9(7(6)2)10(13)12-3/h4-5H,1-3H3,(H,12,13). The van der Waals surface area contributed by atoms with Gasteiger partial charge in [0.1, 0.15) is 0 Å². The summed E-state index contributed by atoms with van der Waals surface area (Å²) in [5, 5.41) is 3.18. The van der Waals surface area contributed by atoms with Crippen LogP contribution in [-0.2, 0) is 0 Å². The zero-order valence-electron chi connectivity index (χ0n) is 7.94. The van der Waals surface area contributed by atoms with E-state index in [0.29, 0.717) is 10.6 Å². The second-order valence-corrected chi connectivity index (χ2v) is 3.41. The van der Waals surface area contributed by atoms with Crippen molar-refractivity contribution in [1.29, 1.82) is 0 Å². The van der Waals surface area contributed by atoms with Crippen LogP contribution in [0.4, 0.5) is 0 Å². The lowest BCUT2D eigenvalue weighted by Crippen LogP contribution is -2.19. The number of nitrogens with one attached hydrogen (secondary N) is 1. The molecule has 0 aromatic heterocycles. The Morgan fingerprint density at radius 1 is 1.38 bits per heavy atom. The predicted molar refractivity (Wildman–Crippen MR) is 54.3 cm³/mol. The maximum absolute atomic E-state index is 11.4. The van der Waals surface area contributed by atoms with E-state index in [1.54, 1.807) is 13.1 Å². The number of benzene rings is 1. The van der Waals surface area contributed by atoms with Gasteiger partial charge in [0.2, 0.25) is 0 Å². The predicted octanol–water partition coefficient (Wildman–Crippen LogP) is 2.32. The molecular weight excluding hydrogens is 186 g/mol. The average molecular weight is 198 g/mol. The molecule has 0 saturated heterocycles. The number of halogens is 1. The van der Waals surface area contributed by atoms with Gasteiger partial charge >= 0.3 is 0 Å². The summed E-state index contributed by atoms with van der Waals surface area (Å²) in [5.41, 5.74) is 2.65. The minimum absolute atomic E-state index is 0.0944. The van der Waals surface area contributed by atoms with Gasteiger partial charge in [-0.15, -0.1) is 0 Å². The van der Waals surface area contributed by atoms with Gasteiger partial charge in [-0.2, -0.15) is 0 Å². The second kappa shape index (κ2) is 3.79. The maximum Gasteiger partial charge on any atom is 0.251 e. The van der Waals surface area contributed by atoms with E-state index in [1.165, 1.54) is 0 Å². The fourth-order valence-corrected chi connectivity index (χ4v) is 1.46. The minimum Gasteiger partial charge on any atom is -0.355 e. The summed E-state index contributed by atoms with van der Waals surface area (Å²) in [6.45, 7) is 3.85. The highest BCUT2D eigenvalue weighted by molar-refractivity contribution is 6.31. The first kappa shape index (κ1) is 10.1. The number of hydrogen-bond donors (Lipinski definition) is 1. The molecule has 0 aliphatic rings. The summed E-state index contributed by atoms with van der Waals surface area (Å²) in [6, 6.07) is 3.53. The number of amides is 1. The summed E-state index contributed by atoms with van der Waals surface area (Å²) in [5.74, 6) is -0.0944. The zero-order valence-corrected chi connectivity index (χ0v) is 8.70. The van der Waals surface area contributed by atoms with E-state index in [1.807, 2.05) is 19.9 Å². The van der Waals surface area contributed by atoms with Gasteiger partial charge in [-0.25, -0.2) is 0 Å². The van der Waals surface area contributed by atoms with E-state index in [-0.39, 0.29) is 5.91 Å². The number of carbonyl (C=O) groups excluding carboxylic acids is 1. The van der Waals surface area contributed by atoms with Crippen LogP contribution in [0.3, 0.4) is 0 Å². The van der Waals surface area contributed by atoms with E-state index >= 15 is 0 Å². The van der Waals surface area contributed by atoms with Crippen molar-refractivity contribution in [3.8, 4) is 0 Å². The van der Waals surface area contributed by atoms with E-state index < -0.39 is 0 Å². The van der Waals surface area contributed by atoms with Crippen molar-refractivity contribution in [1.82, 2.24) is 5.32 Å². The van der Waals surface area contributed by atoms with Gasteiger partial charge < -0.3 is 5.32 Å². The topological polar surface area (TPSA) is 29.1 Å². The van der Waals surface area contributed by atoms with Crippen LogP contribution in [0.15, 0.2) is 12.1 Å². The Kier molecular flexibility index (Phi) is 2.94.